The molecule has 0 aliphatic carbocycles. The van der Waals surface area contributed by atoms with Gasteiger partial charge in [-0.3, -0.25) is 4.79 Å². The van der Waals surface area contributed by atoms with E-state index in [9.17, 15) is 40.5 Å². The average Bonchev–Trinajstić information content (AvgIpc) is 2.60. The van der Waals surface area contributed by atoms with E-state index in [-0.39, 0.29) is 0 Å². The molecule has 0 radical (unpaired) electrons. The van der Waals surface area contributed by atoms with E-state index in [1.165, 1.54) is 0 Å². The maximum absolute atomic E-state index is 11.2. The number of carbonyl (C=O) groups excluding carboxylic acids is 1. The Morgan fingerprint density at radius 3 is 2.08 bits per heavy atom. The predicted molar refractivity (Wildman–Crippen MR) is 80.2 cm³/mol. The summed E-state index contributed by atoms with van der Waals surface area (Å²) in [4.78, 5) is 11.2. The minimum Gasteiger partial charge on any atom is -0.394 e. The van der Waals surface area contributed by atoms with E-state index in [1.54, 1.807) is 0 Å². The minimum absolute atomic E-state index is 0.564. The van der Waals surface area contributed by atoms with E-state index in [0.717, 1.165) is 6.92 Å². The molecule has 0 saturated carbocycles. The van der Waals surface area contributed by atoms with Crippen molar-refractivity contribution in [3.05, 3.63) is 0 Å². The SMILES string of the molecule is CC(=O)N[C@H]1C(O)O[C@H](CO)[C@@H](O[C@H]2O[C@H](CO)[C@H](O)[C@H](O)[C@H]2O)[C@@H]1O. The van der Waals surface area contributed by atoms with Gasteiger partial charge in [0.2, 0.25) is 5.91 Å². The summed E-state index contributed by atoms with van der Waals surface area (Å²) in [5.74, 6) is -0.564. The molecule has 1 unspecified atom stereocenters. The lowest BCUT2D eigenvalue weighted by Gasteiger charge is -2.46. The summed E-state index contributed by atoms with van der Waals surface area (Å²) >= 11 is 0. The highest BCUT2D eigenvalue weighted by molar-refractivity contribution is 5.73. The maximum atomic E-state index is 11.2. The molecule has 2 aliphatic heterocycles. The molecule has 0 aromatic heterocycles. The van der Waals surface area contributed by atoms with Crippen molar-refractivity contribution < 1.29 is 54.8 Å². The zero-order valence-electron chi connectivity index (χ0n) is 14.0. The van der Waals surface area contributed by atoms with Gasteiger partial charge in [-0.25, -0.2) is 0 Å². The van der Waals surface area contributed by atoms with Crippen molar-refractivity contribution in [2.24, 2.45) is 0 Å². The highest BCUT2D eigenvalue weighted by Gasteiger charge is 2.50. The number of aliphatic hydroxyl groups is 7. The molecule has 8 N–H and O–H groups in total. The highest BCUT2D eigenvalue weighted by Crippen LogP contribution is 2.28. The van der Waals surface area contributed by atoms with Crippen LogP contribution in [0, 0.1) is 0 Å². The van der Waals surface area contributed by atoms with Crippen molar-refractivity contribution in [2.45, 2.75) is 68.3 Å². The normalized spacial score (nSPS) is 46.8. The second-order valence-electron chi connectivity index (χ2n) is 6.26. The smallest absolute Gasteiger partial charge is 0.217 e. The fourth-order valence-corrected chi connectivity index (χ4v) is 2.98. The molecule has 1 amide bonds. The Bertz CT molecular complexity index is 478. The summed E-state index contributed by atoms with van der Waals surface area (Å²) in [6.07, 6.45) is -13.6. The third-order valence-corrected chi connectivity index (χ3v) is 4.38. The Kier molecular flexibility index (Phi) is 7.27. The molecule has 10 atom stereocenters. The first-order valence-electron chi connectivity index (χ1n) is 8.06. The number of ether oxygens (including phenoxy) is 3. The molecule has 2 fully saturated rings. The van der Waals surface area contributed by atoms with Gasteiger partial charge in [0.1, 0.15) is 48.8 Å². The minimum atomic E-state index is -1.73. The number of amides is 1. The van der Waals surface area contributed by atoms with E-state index in [4.69, 9.17) is 14.2 Å². The van der Waals surface area contributed by atoms with Crippen LogP contribution < -0.4 is 5.32 Å². The third-order valence-electron chi connectivity index (χ3n) is 4.38. The standard InChI is InChI=1S/C14H25NO11/c1-4(18)15-7-9(20)12(6(3-17)24-13(7)23)26-14-11(22)10(21)8(19)5(2-16)25-14/h5-14,16-17,19-23H,2-3H2,1H3,(H,15,18)/t5-,6-,7-,8+,9-,10+,11-,12-,13?,14-/m1/s1. The van der Waals surface area contributed by atoms with Gasteiger partial charge in [0, 0.05) is 6.92 Å². The number of carbonyl (C=O) groups is 1. The van der Waals surface area contributed by atoms with Gasteiger partial charge in [-0.2, -0.15) is 0 Å². The van der Waals surface area contributed by atoms with Gasteiger partial charge in [-0.15, -0.1) is 0 Å². The zero-order chi connectivity index (χ0) is 19.6. The molecule has 12 heteroatoms. The first-order chi connectivity index (χ1) is 12.2. The van der Waals surface area contributed by atoms with Crippen molar-refractivity contribution in [3.8, 4) is 0 Å². The third kappa shape index (κ3) is 4.31. The summed E-state index contributed by atoms with van der Waals surface area (Å²) in [6.45, 7) is -0.195. The maximum Gasteiger partial charge on any atom is 0.217 e. The largest absolute Gasteiger partial charge is 0.394 e. The van der Waals surface area contributed by atoms with E-state index >= 15 is 0 Å². The lowest BCUT2D eigenvalue weighted by Crippen LogP contribution is -2.67. The Hall–Kier alpha value is -0.930. The number of rotatable bonds is 5. The average molecular weight is 383 g/mol. The fourth-order valence-electron chi connectivity index (χ4n) is 2.98. The first-order valence-corrected chi connectivity index (χ1v) is 8.06. The summed E-state index contributed by atoms with van der Waals surface area (Å²) in [5, 5.41) is 70.7. The van der Waals surface area contributed by atoms with Crippen LogP contribution >= 0.6 is 0 Å². The van der Waals surface area contributed by atoms with Crippen molar-refractivity contribution in [2.75, 3.05) is 13.2 Å². The summed E-state index contributed by atoms with van der Waals surface area (Å²) in [6, 6.07) is -1.29. The van der Waals surface area contributed by atoms with E-state index in [1.807, 2.05) is 0 Å². The van der Waals surface area contributed by atoms with E-state index in [0.29, 0.717) is 0 Å². The molecule has 2 heterocycles. The van der Waals surface area contributed by atoms with Gasteiger partial charge in [0.05, 0.1) is 13.2 Å². The van der Waals surface area contributed by atoms with Gasteiger partial charge in [0.15, 0.2) is 12.6 Å². The first kappa shape index (κ1) is 21.4. The highest BCUT2D eigenvalue weighted by atomic mass is 16.7. The molecular weight excluding hydrogens is 358 g/mol. The topological polar surface area (TPSA) is 198 Å². The Morgan fingerprint density at radius 1 is 0.923 bits per heavy atom. The second-order valence-corrected chi connectivity index (χ2v) is 6.26. The molecule has 2 aliphatic rings. The number of nitrogens with one attached hydrogen (secondary N) is 1. The molecule has 0 spiro atoms. The molecule has 12 nitrogen and oxygen atoms in total. The van der Waals surface area contributed by atoms with Gasteiger partial charge in [-0.1, -0.05) is 0 Å². The lowest BCUT2D eigenvalue weighted by molar-refractivity contribution is -0.345. The molecule has 0 aromatic carbocycles. The van der Waals surface area contributed by atoms with Gasteiger partial charge in [0.25, 0.3) is 0 Å². The Balaban J connectivity index is 2.16. The van der Waals surface area contributed by atoms with Gasteiger partial charge < -0.3 is 55.3 Å². The summed E-state index contributed by atoms with van der Waals surface area (Å²) < 4.78 is 15.7. The molecular formula is C14H25NO11. The quantitative estimate of drug-likeness (QED) is 0.226. The van der Waals surface area contributed by atoms with Crippen LogP contribution in [0.3, 0.4) is 0 Å². The summed E-state index contributed by atoms with van der Waals surface area (Å²) in [5.41, 5.74) is 0. The predicted octanol–water partition coefficient (Wildman–Crippen LogP) is -5.25. The van der Waals surface area contributed by atoms with Crippen LogP contribution in [0.5, 0.6) is 0 Å². The number of hydrogen-bond donors (Lipinski definition) is 8. The summed E-state index contributed by atoms with van der Waals surface area (Å²) in [7, 11) is 0. The van der Waals surface area contributed by atoms with E-state index in [2.05, 4.69) is 5.32 Å². The van der Waals surface area contributed by atoms with Crippen LogP contribution in [0.4, 0.5) is 0 Å². The van der Waals surface area contributed by atoms with Gasteiger partial charge >= 0.3 is 0 Å². The zero-order valence-corrected chi connectivity index (χ0v) is 14.0. The molecule has 0 aromatic rings. The van der Waals surface area contributed by atoms with Crippen molar-refractivity contribution in [1.29, 1.82) is 0 Å². The second kappa shape index (κ2) is 8.84. The molecule has 2 rings (SSSR count). The van der Waals surface area contributed by atoms with Crippen molar-refractivity contribution >= 4 is 5.91 Å². The monoisotopic (exact) mass is 383 g/mol. The van der Waals surface area contributed by atoms with Crippen LogP contribution in [0.15, 0.2) is 0 Å². The number of aliphatic hydroxyl groups excluding tert-OH is 7. The van der Waals surface area contributed by atoms with Crippen molar-refractivity contribution in [3.63, 3.8) is 0 Å². The Labute approximate surface area is 148 Å². The Morgan fingerprint density at radius 2 is 1.54 bits per heavy atom. The molecule has 26 heavy (non-hydrogen) atoms. The van der Waals surface area contributed by atoms with Gasteiger partial charge in [-0.05, 0) is 0 Å². The molecule has 152 valence electrons. The van der Waals surface area contributed by atoms with E-state index < -0.39 is 80.5 Å². The van der Waals surface area contributed by atoms with Crippen LogP contribution in [0.25, 0.3) is 0 Å². The lowest BCUT2D eigenvalue weighted by atomic mass is 9.95. The fraction of sp³-hybridized carbons (Fsp3) is 0.929. The molecule has 0 bridgehead atoms. The van der Waals surface area contributed by atoms with Crippen molar-refractivity contribution in [1.82, 2.24) is 5.32 Å². The van der Waals surface area contributed by atoms with Crippen LogP contribution in [0.1, 0.15) is 6.92 Å². The molecule has 2 saturated heterocycles. The van der Waals surface area contributed by atoms with Crippen LogP contribution in [-0.4, -0.2) is 116 Å². The van der Waals surface area contributed by atoms with Crippen LogP contribution in [-0.2, 0) is 19.0 Å². The number of hydrogen-bond acceptors (Lipinski definition) is 11. The van der Waals surface area contributed by atoms with Crippen LogP contribution in [0.2, 0.25) is 0 Å².